The number of hydrogen-bond acceptors (Lipinski definition) is 2. The highest BCUT2D eigenvalue weighted by Gasteiger charge is 2.22. The van der Waals surface area contributed by atoms with E-state index in [1.165, 1.54) is 23.3 Å². The Hall–Kier alpha value is -1.71. The molecule has 0 saturated heterocycles. The van der Waals surface area contributed by atoms with Crippen LogP contribution in [0.15, 0.2) is 48.5 Å². The number of halogens is 1. The fraction of sp³-hybridized carbons (Fsp3) is 0.333. The number of nitrogens with one attached hydrogen (secondary N) is 1. The summed E-state index contributed by atoms with van der Waals surface area (Å²) in [5.74, 6) is 5.55. The molecule has 0 amide bonds. The van der Waals surface area contributed by atoms with E-state index in [4.69, 9.17) is 5.84 Å². The van der Waals surface area contributed by atoms with E-state index in [0.29, 0.717) is 0 Å². The molecule has 0 saturated carbocycles. The Morgan fingerprint density at radius 3 is 2.24 bits per heavy atom. The normalized spacial score (nSPS) is 13.2. The summed E-state index contributed by atoms with van der Waals surface area (Å²) in [5.41, 5.74) is 6.47. The second-order valence-corrected chi connectivity index (χ2v) is 6.39. The first-order valence-corrected chi connectivity index (χ1v) is 7.22. The van der Waals surface area contributed by atoms with E-state index in [-0.39, 0.29) is 17.3 Å². The zero-order valence-electron chi connectivity index (χ0n) is 12.9. The predicted molar refractivity (Wildman–Crippen MR) is 85.3 cm³/mol. The van der Waals surface area contributed by atoms with Crippen LogP contribution in [-0.4, -0.2) is 0 Å². The van der Waals surface area contributed by atoms with Crippen molar-refractivity contribution < 1.29 is 4.39 Å². The minimum Gasteiger partial charge on any atom is -0.271 e. The van der Waals surface area contributed by atoms with Gasteiger partial charge in [0.25, 0.3) is 0 Å². The molecule has 112 valence electrons. The van der Waals surface area contributed by atoms with Gasteiger partial charge in [0.05, 0.1) is 6.04 Å². The molecule has 0 spiro atoms. The Morgan fingerprint density at radius 2 is 1.67 bits per heavy atom. The van der Waals surface area contributed by atoms with Crippen LogP contribution in [0.2, 0.25) is 0 Å². The maximum atomic E-state index is 13.0. The first kappa shape index (κ1) is 15.7. The van der Waals surface area contributed by atoms with Crippen LogP contribution in [0, 0.1) is 5.82 Å². The van der Waals surface area contributed by atoms with Gasteiger partial charge in [0.1, 0.15) is 5.82 Å². The highest BCUT2D eigenvalue weighted by molar-refractivity contribution is 5.36. The van der Waals surface area contributed by atoms with Crippen molar-refractivity contribution in [3.05, 3.63) is 71.0 Å². The Morgan fingerprint density at radius 1 is 1.05 bits per heavy atom. The van der Waals surface area contributed by atoms with Gasteiger partial charge in [-0.3, -0.25) is 11.3 Å². The van der Waals surface area contributed by atoms with Crippen molar-refractivity contribution in [2.45, 2.75) is 38.6 Å². The molecule has 1 atom stereocenters. The van der Waals surface area contributed by atoms with Gasteiger partial charge in [0.2, 0.25) is 0 Å². The summed E-state index contributed by atoms with van der Waals surface area (Å²) in [6.07, 6.45) is 0.726. The third kappa shape index (κ3) is 3.90. The van der Waals surface area contributed by atoms with Crippen LogP contribution in [-0.2, 0) is 11.8 Å². The summed E-state index contributed by atoms with van der Waals surface area (Å²) >= 11 is 0. The summed E-state index contributed by atoms with van der Waals surface area (Å²) in [4.78, 5) is 0. The SMILES string of the molecule is CC(C)(C)c1ccccc1C(Cc1ccc(F)cc1)NN. The standard InChI is InChI=1S/C18H23FN2/c1-18(2,3)16-7-5-4-6-15(16)17(21-20)12-13-8-10-14(19)11-9-13/h4-11,17,21H,12,20H2,1-3H3. The second kappa shape index (κ2) is 6.37. The van der Waals surface area contributed by atoms with Crippen molar-refractivity contribution in [3.63, 3.8) is 0 Å². The average molecular weight is 286 g/mol. The molecule has 2 aromatic carbocycles. The topological polar surface area (TPSA) is 38.0 Å². The molecule has 1 unspecified atom stereocenters. The molecule has 3 heteroatoms. The van der Waals surface area contributed by atoms with Crippen LogP contribution in [0.5, 0.6) is 0 Å². The summed E-state index contributed by atoms with van der Waals surface area (Å²) in [6.45, 7) is 6.58. The van der Waals surface area contributed by atoms with Crippen LogP contribution in [0.25, 0.3) is 0 Å². The highest BCUT2D eigenvalue weighted by Crippen LogP contribution is 2.30. The van der Waals surface area contributed by atoms with Gasteiger partial charge in [-0.25, -0.2) is 4.39 Å². The van der Waals surface area contributed by atoms with Crippen molar-refractivity contribution >= 4 is 0 Å². The predicted octanol–water partition coefficient (Wildman–Crippen LogP) is 3.87. The lowest BCUT2D eigenvalue weighted by Crippen LogP contribution is -2.31. The van der Waals surface area contributed by atoms with E-state index in [0.717, 1.165) is 12.0 Å². The van der Waals surface area contributed by atoms with Gasteiger partial charge in [-0.1, -0.05) is 57.2 Å². The molecule has 0 fully saturated rings. The van der Waals surface area contributed by atoms with Crippen LogP contribution in [0.1, 0.15) is 43.5 Å². The van der Waals surface area contributed by atoms with Crippen LogP contribution in [0.3, 0.4) is 0 Å². The molecule has 2 nitrogen and oxygen atoms in total. The van der Waals surface area contributed by atoms with Crippen molar-refractivity contribution in [1.82, 2.24) is 5.43 Å². The van der Waals surface area contributed by atoms with Gasteiger partial charge in [-0.2, -0.15) is 0 Å². The van der Waals surface area contributed by atoms with Gasteiger partial charge in [-0.15, -0.1) is 0 Å². The Bertz CT molecular complexity index is 585. The molecule has 3 N–H and O–H groups in total. The van der Waals surface area contributed by atoms with Crippen molar-refractivity contribution in [3.8, 4) is 0 Å². The fourth-order valence-corrected chi connectivity index (χ4v) is 2.60. The van der Waals surface area contributed by atoms with E-state index in [9.17, 15) is 4.39 Å². The van der Waals surface area contributed by atoms with Crippen molar-refractivity contribution in [2.24, 2.45) is 5.84 Å². The summed E-state index contributed by atoms with van der Waals surface area (Å²) in [5, 5.41) is 0. The molecule has 0 aliphatic carbocycles. The zero-order chi connectivity index (χ0) is 15.5. The van der Waals surface area contributed by atoms with Crippen molar-refractivity contribution in [1.29, 1.82) is 0 Å². The number of benzene rings is 2. The maximum Gasteiger partial charge on any atom is 0.123 e. The van der Waals surface area contributed by atoms with Gasteiger partial charge < -0.3 is 0 Å². The molecule has 0 bridgehead atoms. The quantitative estimate of drug-likeness (QED) is 0.661. The van der Waals surface area contributed by atoms with Gasteiger partial charge in [0, 0.05) is 0 Å². The Kier molecular flexibility index (Phi) is 4.76. The largest absolute Gasteiger partial charge is 0.271 e. The van der Waals surface area contributed by atoms with Crippen molar-refractivity contribution in [2.75, 3.05) is 0 Å². The number of nitrogens with two attached hydrogens (primary N) is 1. The third-order valence-corrected chi connectivity index (χ3v) is 3.70. The van der Waals surface area contributed by atoms with Gasteiger partial charge in [-0.05, 0) is 40.7 Å². The minimum atomic E-state index is -0.217. The lowest BCUT2D eigenvalue weighted by atomic mass is 9.81. The molecule has 2 rings (SSSR count). The molecule has 0 aromatic heterocycles. The molecule has 21 heavy (non-hydrogen) atoms. The van der Waals surface area contributed by atoms with E-state index >= 15 is 0 Å². The first-order valence-electron chi connectivity index (χ1n) is 7.22. The van der Waals surface area contributed by atoms with E-state index in [2.05, 4.69) is 44.4 Å². The van der Waals surface area contributed by atoms with Crippen LogP contribution in [0.4, 0.5) is 4.39 Å². The molecule has 0 aliphatic heterocycles. The molecular formula is C18H23FN2. The monoisotopic (exact) mass is 286 g/mol. The van der Waals surface area contributed by atoms with Crippen LogP contribution >= 0.6 is 0 Å². The third-order valence-electron chi connectivity index (χ3n) is 3.70. The molecule has 2 aromatic rings. The number of hydrazine groups is 1. The number of rotatable bonds is 4. The van der Waals surface area contributed by atoms with Gasteiger partial charge >= 0.3 is 0 Å². The first-order chi connectivity index (χ1) is 9.91. The molecule has 0 heterocycles. The molecule has 0 aliphatic rings. The fourth-order valence-electron chi connectivity index (χ4n) is 2.60. The van der Waals surface area contributed by atoms with E-state index in [1.54, 1.807) is 12.1 Å². The van der Waals surface area contributed by atoms with Crippen LogP contribution < -0.4 is 11.3 Å². The van der Waals surface area contributed by atoms with Gasteiger partial charge in [0.15, 0.2) is 0 Å². The highest BCUT2D eigenvalue weighted by atomic mass is 19.1. The van der Waals surface area contributed by atoms with E-state index < -0.39 is 0 Å². The Labute approximate surface area is 126 Å². The Balaban J connectivity index is 2.32. The summed E-state index contributed by atoms with van der Waals surface area (Å²) < 4.78 is 13.0. The maximum absolute atomic E-state index is 13.0. The smallest absolute Gasteiger partial charge is 0.123 e. The summed E-state index contributed by atoms with van der Waals surface area (Å²) in [7, 11) is 0. The minimum absolute atomic E-state index is 0.00545. The molecule has 0 radical (unpaired) electrons. The lowest BCUT2D eigenvalue weighted by molar-refractivity contribution is 0.518. The number of hydrogen-bond donors (Lipinski definition) is 2. The molecular weight excluding hydrogens is 263 g/mol. The van der Waals surface area contributed by atoms with E-state index in [1.807, 2.05) is 6.07 Å². The average Bonchev–Trinajstić information content (AvgIpc) is 2.46. The zero-order valence-corrected chi connectivity index (χ0v) is 12.9. The second-order valence-electron chi connectivity index (χ2n) is 6.39. The summed E-state index contributed by atoms with van der Waals surface area (Å²) in [6, 6.07) is 14.9. The lowest BCUT2D eigenvalue weighted by Gasteiger charge is -2.27.